The van der Waals surface area contributed by atoms with Gasteiger partial charge >= 0.3 is 12.1 Å². The van der Waals surface area contributed by atoms with E-state index in [9.17, 15) is 19.1 Å². The fourth-order valence-electron chi connectivity index (χ4n) is 3.19. The number of hydrogen-bond acceptors (Lipinski definition) is 3. The summed E-state index contributed by atoms with van der Waals surface area (Å²) in [6.45, 7) is 5.13. The minimum absolute atomic E-state index is 0.229. The van der Waals surface area contributed by atoms with E-state index in [2.05, 4.69) is 5.32 Å². The SMILES string of the molecule is CC(C)(C)OC(=O)NC1(C(=O)O)CC2(CC(F)C2)C1. The van der Waals surface area contributed by atoms with Gasteiger partial charge in [-0.2, -0.15) is 0 Å². The molecule has 0 unspecified atom stereocenters. The quantitative estimate of drug-likeness (QED) is 0.809. The van der Waals surface area contributed by atoms with Crippen molar-refractivity contribution in [1.82, 2.24) is 5.32 Å². The summed E-state index contributed by atoms with van der Waals surface area (Å²) in [5, 5.41) is 11.7. The molecule has 2 fully saturated rings. The Balaban J connectivity index is 1.96. The molecule has 0 saturated heterocycles. The van der Waals surface area contributed by atoms with Gasteiger partial charge in [0, 0.05) is 0 Å². The Morgan fingerprint density at radius 2 is 1.84 bits per heavy atom. The number of carbonyl (C=O) groups is 2. The van der Waals surface area contributed by atoms with Crippen molar-refractivity contribution in [2.75, 3.05) is 0 Å². The zero-order valence-electron chi connectivity index (χ0n) is 11.5. The first-order chi connectivity index (χ1) is 8.56. The van der Waals surface area contributed by atoms with E-state index in [4.69, 9.17) is 4.74 Å². The van der Waals surface area contributed by atoms with E-state index in [1.165, 1.54) is 0 Å². The summed E-state index contributed by atoms with van der Waals surface area (Å²) in [6.07, 6.45) is -0.186. The van der Waals surface area contributed by atoms with Gasteiger partial charge in [-0.3, -0.25) is 0 Å². The fraction of sp³-hybridized carbons (Fsp3) is 0.846. The second-order valence-corrected chi connectivity index (χ2v) is 6.87. The van der Waals surface area contributed by atoms with Gasteiger partial charge in [0.15, 0.2) is 0 Å². The van der Waals surface area contributed by atoms with Crippen LogP contribution >= 0.6 is 0 Å². The minimum atomic E-state index is -1.29. The Bertz CT molecular complexity index is 401. The summed E-state index contributed by atoms with van der Waals surface area (Å²) in [5.41, 5.74) is -2.19. The Kier molecular flexibility index (Phi) is 3.03. The minimum Gasteiger partial charge on any atom is -0.480 e. The van der Waals surface area contributed by atoms with Gasteiger partial charge in [-0.25, -0.2) is 14.0 Å². The van der Waals surface area contributed by atoms with E-state index >= 15 is 0 Å². The van der Waals surface area contributed by atoms with Crippen LogP contribution in [-0.4, -0.2) is 34.5 Å². The lowest BCUT2D eigenvalue weighted by Gasteiger charge is -2.59. The number of ether oxygens (including phenoxy) is 1. The molecule has 0 atom stereocenters. The molecule has 0 bridgehead atoms. The standard InChI is InChI=1S/C13H20FNO4/c1-11(2,3)19-10(18)15-13(9(16)17)6-12(7-13)4-8(14)5-12/h8H,4-7H2,1-3H3,(H,15,18)(H,16,17). The molecule has 6 heteroatoms. The second kappa shape index (κ2) is 4.08. The summed E-state index contributed by atoms with van der Waals surface area (Å²) < 4.78 is 18.0. The van der Waals surface area contributed by atoms with Gasteiger partial charge in [0.05, 0.1) is 0 Å². The van der Waals surface area contributed by atoms with Crippen molar-refractivity contribution in [3.8, 4) is 0 Å². The lowest BCUT2D eigenvalue weighted by molar-refractivity contribution is -0.168. The molecular formula is C13H20FNO4. The molecule has 2 aliphatic carbocycles. The van der Waals surface area contributed by atoms with Crippen LogP contribution in [-0.2, 0) is 9.53 Å². The molecule has 0 aromatic carbocycles. The number of alkyl halides is 1. The number of halogens is 1. The van der Waals surface area contributed by atoms with Crippen molar-refractivity contribution in [3.63, 3.8) is 0 Å². The van der Waals surface area contributed by atoms with Crippen LogP contribution in [0.3, 0.4) is 0 Å². The van der Waals surface area contributed by atoms with Gasteiger partial charge in [0.25, 0.3) is 0 Å². The Hall–Kier alpha value is -1.33. The molecule has 2 aliphatic rings. The summed E-state index contributed by atoms with van der Waals surface area (Å²) in [4.78, 5) is 23.0. The summed E-state index contributed by atoms with van der Waals surface area (Å²) >= 11 is 0. The Labute approximate surface area is 111 Å². The van der Waals surface area contributed by atoms with Crippen molar-refractivity contribution in [2.24, 2.45) is 5.41 Å². The first-order valence-corrected chi connectivity index (χ1v) is 6.45. The zero-order chi connectivity index (χ0) is 14.5. The van der Waals surface area contributed by atoms with Crippen molar-refractivity contribution in [1.29, 1.82) is 0 Å². The zero-order valence-corrected chi connectivity index (χ0v) is 11.5. The summed E-state index contributed by atoms with van der Waals surface area (Å²) in [5.74, 6) is -1.08. The molecule has 1 amide bonds. The Morgan fingerprint density at radius 3 is 2.21 bits per heavy atom. The third-order valence-electron chi connectivity index (χ3n) is 3.81. The van der Waals surface area contributed by atoms with Gasteiger partial charge in [0.2, 0.25) is 0 Å². The van der Waals surface area contributed by atoms with E-state index < -0.39 is 29.4 Å². The maximum atomic E-state index is 12.9. The Morgan fingerprint density at radius 1 is 1.32 bits per heavy atom. The van der Waals surface area contributed by atoms with E-state index in [0.29, 0.717) is 12.8 Å². The van der Waals surface area contributed by atoms with E-state index in [1.54, 1.807) is 20.8 Å². The molecule has 5 nitrogen and oxygen atoms in total. The molecular weight excluding hydrogens is 253 g/mol. The molecule has 2 rings (SSSR count). The molecule has 2 N–H and O–H groups in total. The van der Waals surface area contributed by atoms with Crippen molar-refractivity contribution in [3.05, 3.63) is 0 Å². The highest BCUT2D eigenvalue weighted by atomic mass is 19.1. The van der Waals surface area contributed by atoms with Crippen LogP contribution in [0.25, 0.3) is 0 Å². The number of carbonyl (C=O) groups excluding carboxylic acids is 1. The predicted octanol–water partition coefficient (Wildman–Crippen LogP) is 2.25. The number of alkyl carbamates (subject to hydrolysis) is 1. The second-order valence-electron chi connectivity index (χ2n) is 6.87. The summed E-state index contributed by atoms with van der Waals surface area (Å²) in [6, 6.07) is 0. The average molecular weight is 273 g/mol. The van der Waals surface area contributed by atoms with Crippen LogP contribution in [0.1, 0.15) is 46.5 Å². The number of amides is 1. The number of hydrogen-bond donors (Lipinski definition) is 2. The van der Waals surface area contributed by atoms with Gasteiger partial charge in [0.1, 0.15) is 17.3 Å². The smallest absolute Gasteiger partial charge is 0.408 e. The average Bonchev–Trinajstić information content (AvgIpc) is 2.07. The van der Waals surface area contributed by atoms with Crippen LogP contribution in [0, 0.1) is 5.41 Å². The van der Waals surface area contributed by atoms with E-state index in [-0.39, 0.29) is 18.3 Å². The maximum Gasteiger partial charge on any atom is 0.408 e. The van der Waals surface area contributed by atoms with Crippen molar-refractivity contribution < 1.29 is 23.8 Å². The topological polar surface area (TPSA) is 75.6 Å². The third-order valence-corrected chi connectivity index (χ3v) is 3.81. The molecule has 0 aromatic heterocycles. The monoisotopic (exact) mass is 273 g/mol. The van der Waals surface area contributed by atoms with Crippen LogP contribution in [0.15, 0.2) is 0 Å². The number of aliphatic carboxylic acids is 1. The van der Waals surface area contributed by atoms with Gasteiger partial charge < -0.3 is 15.2 Å². The first-order valence-electron chi connectivity index (χ1n) is 6.45. The van der Waals surface area contributed by atoms with Gasteiger partial charge in [-0.15, -0.1) is 0 Å². The molecule has 0 radical (unpaired) electrons. The van der Waals surface area contributed by atoms with E-state index in [0.717, 1.165) is 0 Å². The first kappa shape index (κ1) is 14.1. The lowest BCUT2D eigenvalue weighted by atomic mass is 9.48. The molecule has 0 aliphatic heterocycles. The number of nitrogens with one attached hydrogen (secondary N) is 1. The molecule has 0 heterocycles. The number of rotatable bonds is 2. The van der Waals surface area contributed by atoms with Gasteiger partial charge in [-0.05, 0) is 51.9 Å². The van der Waals surface area contributed by atoms with Crippen LogP contribution < -0.4 is 5.32 Å². The highest BCUT2D eigenvalue weighted by molar-refractivity contribution is 5.86. The predicted molar refractivity (Wildman–Crippen MR) is 65.5 cm³/mol. The molecule has 19 heavy (non-hydrogen) atoms. The normalized spacial score (nSPS) is 37.2. The summed E-state index contributed by atoms with van der Waals surface area (Å²) in [7, 11) is 0. The van der Waals surface area contributed by atoms with Crippen LogP contribution in [0.4, 0.5) is 9.18 Å². The third kappa shape index (κ3) is 2.67. The number of carboxylic acid groups (broad SMARTS) is 1. The molecule has 108 valence electrons. The van der Waals surface area contributed by atoms with Crippen molar-refractivity contribution >= 4 is 12.1 Å². The van der Waals surface area contributed by atoms with Crippen LogP contribution in [0.2, 0.25) is 0 Å². The molecule has 1 spiro atoms. The van der Waals surface area contributed by atoms with Gasteiger partial charge in [-0.1, -0.05) is 0 Å². The fourth-order valence-corrected chi connectivity index (χ4v) is 3.19. The molecule has 2 saturated carbocycles. The van der Waals surface area contributed by atoms with Crippen LogP contribution in [0.5, 0.6) is 0 Å². The largest absolute Gasteiger partial charge is 0.480 e. The lowest BCUT2D eigenvalue weighted by Crippen LogP contribution is -2.69. The highest BCUT2D eigenvalue weighted by Gasteiger charge is 2.64. The van der Waals surface area contributed by atoms with Crippen molar-refractivity contribution in [2.45, 2.75) is 63.8 Å². The highest BCUT2D eigenvalue weighted by Crippen LogP contribution is 2.61. The number of carboxylic acids is 1. The molecule has 0 aromatic rings. The maximum absolute atomic E-state index is 12.9. The van der Waals surface area contributed by atoms with E-state index in [1.807, 2.05) is 0 Å².